The molecule has 3 N–H and O–H groups in total. The molecule has 5 nitrogen and oxygen atoms in total. The van der Waals surface area contributed by atoms with E-state index in [1.54, 1.807) is 0 Å². The van der Waals surface area contributed by atoms with Gasteiger partial charge in [-0.15, -0.1) is 0 Å². The van der Waals surface area contributed by atoms with Gasteiger partial charge >= 0.3 is 0 Å². The van der Waals surface area contributed by atoms with Gasteiger partial charge in [0.2, 0.25) is 0 Å². The third-order valence-electron chi connectivity index (χ3n) is 8.76. The Morgan fingerprint density at radius 3 is 1.06 bits per heavy atom. The number of aliphatic hydroxyl groups excluding tert-OH is 3. The number of nitrogens with zero attached hydrogens (tertiary/aromatic N) is 2. The van der Waals surface area contributed by atoms with Gasteiger partial charge in [0.1, 0.15) is 0 Å². The molecule has 6 aromatic rings. The molecule has 5 heteroatoms. The van der Waals surface area contributed by atoms with E-state index in [1.807, 2.05) is 56.3 Å². The summed E-state index contributed by atoms with van der Waals surface area (Å²) in [6, 6.07) is 45.9. The van der Waals surface area contributed by atoms with Crippen molar-refractivity contribution in [1.29, 1.82) is 0 Å². The molecule has 236 valence electrons. The number of aliphatic hydroxyl groups is 3. The van der Waals surface area contributed by atoms with Gasteiger partial charge in [0.05, 0.1) is 19.8 Å². The maximum atomic E-state index is 9.73. The lowest BCUT2D eigenvalue weighted by Crippen LogP contribution is -2.11. The van der Waals surface area contributed by atoms with E-state index in [4.69, 9.17) is 0 Å². The first-order valence-electron chi connectivity index (χ1n) is 15.9. The lowest BCUT2D eigenvalue weighted by Gasteiger charge is -2.27. The molecule has 0 spiro atoms. The topological polar surface area (TPSA) is 67.2 Å². The number of benzene rings is 6. The second-order valence-corrected chi connectivity index (χ2v) is 12.0. The maximum absolute atomic E-state index is 9.73. The Labute approximate surface area is 277 Å². The standard InChI is InChI=1S/C42H40N2O3/c1-29-4-14-37(15-5-29)43(41-22-12-35(27-46)30(2)24-41)39-18-8-33(9-19-39)34-10-20-40(21-11-34)44(38-16-6-32(26-45)7-17-38)42-23-13-36(28-47)31(3)25-42/h4-25,45-47H,26-28H2,1-3H3. The van der Waals surface area contributed by atoms with Gasteiger partial charge in [-0.1, -0.05) is 66.2 Å². The molecule has 0 fully saturated rings. The van der Waals surface area contributed by atoms with Gasteiger partial charge in [-0.2, -0.15) is 0 Å². The molecule has 0 aliphatic heterocycles. The molecule has 0 radical (unpaired) electrons. The van der Waals surface area contributed by atoms with Crippen LogP contribution in [0.5, 0.6) is 0 Å². The lowest BCUT2D eigenvalue weighted by molar-refractivity contribution is 0.281. The van der Waals surface area contributed by atoms with Crippen LogP contribution < -0.4 is 9.80 Å². The Morgan fingerprint density at radius 1 is 0.383 bits per heavy atom. The van der Waals surface area contributed by atoms with E-state index in [-0.39, 0.29) is 19.8 Å². The largest absolute Gasteiger partial charge is 0.392 e. The van der Waals surface area contributed by atoms with Crippen LogP contribution in [0.1, 0.15) is 33.4 Å². The van der Waals surface area contributed by atoms with E-state index in [1.165, 1.54) is 5.56 Å². The number of rotatable bonds is 10. The lowest BCUT2D eigenvalue weighted by atomic mass is 10.0. The molecule has 0 bridgehead atoms. The van der Waals surface area contributed by atoms with E-state index >= 15 is 0 Å². The van der Waals surface area contributed by atoms with Crippen LogP contribution in [-0.2, 0) is 19.8 Å². The SMILES string of the molecule is Cc1ccc(N(c2ccc(-c3ccc(N(c4ccc(CO)cc4)c4ccc(CO)c(C)c4)cc3)cc2)c2ccc(CO)c(C)c2)cc1. The van der Waals surface area contributed by atoms with Gasteiger partial charge in [-0.05, 0) is 133 Å². The summed E-state index contributed by atoms with van der Waals surface area (Å²) in [6.07, 6.45) is 0. The quantitative estimate of drug-likeness (QED) is 0.142. The van der Waals surface area contributed by atoms with Crippen LogP contribution in [0.4, 0.5) is 34.1 Å². The molecule has 0 aliphatic carbocycles. The Morgan fingerprint density at radius 2 is 0.723 bits per heavy atom. The van der Waals surface area contributed by atoms with Crippen molar-refractivity contribution >= 4 is 34.1 Å². The molecule has 0 saturated heterocycles. The predicted molar refractivity (Wildman–Crippen MR) is 193 cm³/mol. The minimum atomic E-state index is -0.00349. The highest BCUT2D eigenvalue weighted by molar-refractivity contribution is 5.81. The highest BCUT2D eigenvalue weighted by atomic mass is 16.3. The summed E-state index contributed by atoms with van der Waals surface area (Å²) in [5.74, 6) is 0. The van der Waals surface area contributed by atoms with E-state index in [2.05, 4.69) is 108 Å². The minimum Gasteiger partial charge on any atom is -0.392 e. The molecular formula is C42H40N2O3. The van der Waals surface area contributed by atoms with E-state index in [0.717, 1.165) is 73.1 Å². The summed E-state index contributed by atoms with van der Waals surface area (Å²) in [7, 11) is 0. The van der Waals surface area contributed by atoms with Crippen molar-refractivity contribution in [1.82, 2.24) is 0 Å². The molecule has 0 saturated carbocycles. The predicted octanol–water partition coefficient (Wildman–Crippen LogP) is 9.70. The second kappa shape index (κ2) is 14.1. The monoisotopic (exact) mass is 620 g/mol. The van der Waals surface area contributed by atoms with Crippen LogP contribution in [0, 0.1) is 20.8 Å². The average Bonchev–Trinajstić information content (AvgIpc) is 3.10. The molecule has 0 aromatic heterocycles. The Balaban J connectivity index is 1.33. The van der Waals surface area contributed by atoms with Gasteiger partial charge in [-0.3, -0.25) is 0 Å². The van der Waals surface area contributed by atoms with Crippen LogP contribution in [0.2, 0.25) is 0 Å². The minimum absolute atomic E-state index is 0.00319. The number of hydrogen-bond donors (Lipinski definition) is 3. The molecule has 47 heavy (non-hydrogen) atoms. The average molecular weight is 621 g/mol. The Hall–Kier alpha value is -5.20. The third-order valence-corrected chi connectivity index (χ3v) is 8.76. The summed E-state index contributed by atoms with van der Waals surface area (Å²) >= 11 is 0. The summed E-state index contributed by atoms with van der Waals surface area (Å²) in [5.41, 5.74) is 14.3. The Bertz CT molecular complexity index is 1950. The number of aryl methyl sites for hydroxylation is 3. The van der Waals surface area contributed by atoms with Crippen LogP contribution in [0.3, 0.4) is 0 Å². The first-order chi connectivity index (χ1) is 22.9. The zero-order valence-electron chi connectivity index (χ0n) is 27.1. The molecule has 0 unspecified atom stereocenters. The van der Waals surface area contributed by atoms with E-state index in [9.17, 15) is 15.3 Å². The normalized spacial score (nSPS) is 11.0. The van der Waals surface area contributed by atoms with Crippen molar-refractivity contribution in [3.05, 3.63) is 167 Å². The van der Waals surface area contributed by atoms with Gasteiger partial charge in [0.25, 0.3) is 0 Å². The first kappa shape index (κ1) is 31.8. The highest BCUT2D eigenvalue weighted by Gasteiger charge is 2.16. The zero-order chi connectivity index (χ0) is 32.9. The van der Waals surface area contributed by atoms with Crippen molar-refractivity contribution in [3.63, 3.8) is 0 Å². The molecule has 6 rings (SSSR count). The van der Waals surface area contributed by atoms with Crippen LogP contribution in [-0.4, -0.2) is 15.3 Å². The number of anilines is 6. The summed E-state index contributed by atoms with van der Waals surface area (Å²) in [5, 5.41) is 29.1. The molecule has 0 heterocycles. The highest BCUT2D eigenvalue weighted by Crippen LogP contribution is 2.39. The van der Waals surface area contributed by atoms with Crippen molar-refractivity contribution in [3.8, 4) is 11.1 Å². The molecule has 0 amide bonds. The van der Waals surface area contributed by atoms with Crippen molar-refractivity contribution < 1.29 is 15.3 Å². The fourth-order valence-electron chi connectivity index (χ4n) is 5.94. The van der Waals surface area contributed by atoms with Gasteiger partial charge in [0, 0.05) is 34.1 Å². The molecule has 0 aliphatic rings. The van der Waals surface area contributed by atoms with Gasteiger partial charge in [0.15, 0.2) is 0 Å². The van der Waals surface area contributed by atoms with E-state index in [0.29, 0.717) is 0 Å². The first-order valence-corrected chi connectivity index (χ1v) is 15.9. The third kappa shape index (κ3) is 6.83. The number of hydrogen-bond acceptors (Lipinski definition) is 5. The van der Waals surface area contributed by atoms with Crippen LogP contribution >= 0.6 is 0 Å². The maximum Gasteiger partial charge on any atom is 0.0684 e. The van der Waals surface area contributed by atoms with Crippen LogP contribution in [0.25, 0.3) is 11.1 Å². The fourth-order valence-corrected chi connectivity index (χ4v) is 5.94. The fraction of sp³-hybridized carbons (Fsp3) is 0.143. The molecule has 0 atom stereocenters. The van der Waals surface area contributed by atoms with Crippen molar-refractivity contribution in [2.24, 2.45) is 0 Å². The summed E-state index contributed by atoms with van der Waals surface area (Å²) < 4.78 is 0. The van der Waals surface area contributed by atoms with Crippen molar-refractivity contribution in [2.75, 3.05) is 9.80 Å². The summed E-state index contributed by atoms with van der Waals surface area (Å²) in [6.45, 7) is 6.16. The second-order valence-electron chi connectivity index (χ2n) is 12.0. The Kier molecular flexibility index (Phi) is 9.50. The van der Waals surface area contributed by atoms with E-state index < -0.39 is 0 Å². The van der Waals surface area contributed by atoms with Gasteiger partial charge in [-0.25, -0.2) is 0 Å². The van der Waals surface area contributed by atoms with Gasteiger partial charge < -0.3 is 25.1 Å². The van der Waals surface area contributed by atoms with Crippen molar-refractivity contribution in [2.45, 2.75) is 40.6 Å². The summed E-state index contributed by atoms with van der Waals surface area (Å²) in [4.78, 5) is 4.43. The zero-order valence-corrected chi connectivity index (χ0v) is 27.1. The molecule has 6 aromatic carbocycles. The smallest absolute Gasteiger partial charge is 0.0684 e. The molecular weight excluding hydrogens is 580 g/mol. The van der Waals surface area contributed by atoms with Crippen LogP contribution in [0.15, 0.2) is 133 Å².